The van der Waals surface area contributed by atoms with E-state index in [1.807, 2.05) is 60.7 Å². The van der Waals surface area contributed by atoms with Crippen LogP contribution >= 0.6 is 0 Å². The molecule has 0 unspecified atom stereocenters. The van der Waals surface area contributed by atoms with Crippen LogP contribution in [0.25, 0.3) is 16.9 Å². The van der Waals surface area contributed by atoms with Gasteiger partial charge in [0.1, 0.15) is 35.9 Å². The standard InChI is InChI=1S/C28H27FN2O6/c29-20-13-7-8-14-21(20)31-23(18-11-5-2-6-12-18)19(15-17-9-3-1-4-10-17)27(30-31)37-28-26(35)25(34)24(33)22(16-32)36-28/h1-14,22,24-26,28,32-35H,15-16H2/t22-,24-,25+,26-,28+/m1/s1. The highest BCUT2D eigenvalue weighted by Gasteiger charge is 2.45. The average Bonchev–Trinajstić information content (AvgIpc) is 3.27. The predicted octanol–water partition coefficient (Wildman–Crippen LogP) is 2.45. The van der Waals surface area contributed by atoms with E-state index in [2.05, 4.69) is 5.10 Å². The van der Waals surface area contributed by atoms with Crippen molar-refractivity contribution in [3.8, 4) is 22.8 Å². The molecule has 1 fully saturated rings. The Balaban J connectivity index is 1.67. The van der Waals surface area contributed by atoms with Crippen molar-refractivity contribution < 1.29 is 34.3 Å². The van der Waals surface area contributed by atoms with Gasteiger partial charge < -0.3 is 29.9 Å². The molecule has 5 rings (SSSR count). The third-order valence-electron chi connectivity index (χ3n) is 6.37. The number of hydrogen-bond acceptors (Lipinski definition) is 7. The van der Waals surface area contributed by atoms with Crippen LogP contribution in [0.3, 0.4) is 0 Å². The molecule has 37 heavy (non-hydrogen) atoms. The Morgan fingerprint density at radius 3 is 2.16 bits per heavy atom. The lowest BCUT2D eigenvalue weighted by atomic mass is 9.99. The summed E-state index contributed by atoms with van der Waals surface area (Å²) in [6.45, 7) is -0.597. The van der Waals surface area contributed by atoms with Crippen LogP contribution in [-0.4, -0.2) is 67.5 Å². The van der Waals surface area contributed by atoms with E-state index >= 15 is 0 Å². The lowest BCUT2D eigenvalue weighted by Crippen LogP contribution is -2.60. The molecule has 1 aliphatic rings. The molecule has 1 aromatic heterocycles. The number of aromatic nitrogens is 2. The smallest absolute Gasteiger partial charge is 0.239 e. The molecule has 9 heteroatoms. The molecule has 5 atom stereocenters. The van der Waals surface area contributed by atoms with Gasteiger partial charge in [-0.1, -0.05) is 72.8 Å². The molecule has 2 heterocycles. The fraction of sp³-hybridized carbons (Fsp3) is 0.250. The second-order valence-corrected chi connectivity index (χ2v) is 8.84. The first-order chi connectivity index (χ1) is 18.0. The molecule has 3 aromatic carbocycles. The predicted molar refractivity (Wildman–Crippen MR) is 133 cm³/mol. The van der Waals surface area contributed by atoms with E-state index in [0.29, 0.717) is 17.7 Å². The number of halogens is 1. The summed E-state index contributed by atoms with van der Waals surface area (Å²) >= 11 is 0. The lowest BCUT2D eigenvalue weighted by molar-refractivity contribution is -0.278. The molecule has 0 amide bonds. The number of aliphatic hydroxyl groups excluding tert-OH is 4. The molecule has 4 N–H and O–H groups in total. The maximum Gasteiger partial charge on any atom is 0.239 e. The van der Waals surface area contributed by atoms with Gasteiger partial charge in [0.25, 0.3) is 0 Å². The molecule has 192 valence electrons. The second-order valence-electron chi connectivity index (χ2n) is 8.84. The molecule has 1 aliphatic heterocycles. The van der Waals surface area contributed by atoms with E-state index in [-0.39, 0.29) is 11.6 Å². The first-order valence-corrected chi connectivity index (χ1v) is 11.9. The quantitative estimate of drug-likeness (QED) is 0.304. The van der Waals surface area contributed by atoms with Crippen molar-refractivity contribution in [1.82, 2.24) is 9.78 Å². The van der Waals surface area contributed by atoms with E-state index in [1.165, 1.54) is 10.7 Å². The van der Waals surface area contributed by atoms with Crippen molar-refractivity contribution in [2.24, 2.45) is 0 Å². The van der Waals surface area contributed by atoms with Gasteiger partial charge in [0.15, 0.2) is 0 Å². The third kappa shape index (κ3) is 5.00. The molecule has 0 spiro atoms. The number of rotatable bonds is 7. The van der Waals surface area contributed by atoms with Gasteiger partial charge in [-0.15, -0.1) is 5.10 Å². The van der Waals surface area contributed by atoms with E-state index < -0.39 is 43.1 Å². The van der Waals surface area contributed by atoms with Crippen LogP contribution in [-0.2, 0) is 11.2 Å². The van der Waals surface area contributed by atoms with Crippen LogP contribution in [0, 0.1) is 5.82 Å². The molecule has 0 saturated carbocycles. The summed E-state index contributed by atoms with van der Waals surface area (Å²) in [6, 6.07) is 25.1. The SMILES string of the molecule is OC[C@H]1O[C@@H](Oc2nn(-c3ccccc3F)c(-c3ccccc3)c2Cc2ccccc2)[C@H](O)[C@@H](O)[C@@H]1O. The topological polar surface area (TPSA) is 117 Å². The number of para-hydroxylation sites is 1. The highest BCUT2D eigenvalue weighted by Crippen LogP contribution is 2.37. The fourth-order valence-corrected chi connectivity index (χ4v) is 4.45. The van der Waals surface area contributed by atoms with Gasteiger partial charge in [-0.2, -0.15) is 0 Å². The van der Waals surface area contributed by atoms with Gasteiger partial charge in [-0.3, -0.25) is 0 Å². The van der Waals surface area contributed by atoms with E-state index in [9.17, 15) is 24.8 Å². The van der Waals surface area contributed by atoms with Gasteiger partial charge in [0.2, 0.25) is 12.2 Å². The lowest BCUT2D eigenvalue weighted by Gasteiger charge is -2.39. The van der Waals surface area contributed by atoms with E-state index in [1.54, 1.807) is 18.2 Å². The number of nitrogens with zero attached hydrogens (tertiary/aromatic N) is 2. The Morgan fingerprint density at radius 2 is 1.49 bits per heavy atom. The Kier molecular flexibility index (Phi) is 7.31. The largest absolute Gasteiger partial charge is 0.443 e. The molecule has 8 nitrogen and oxygen atoms in total. The molecular weight excluding hydrogens is 479 g/mol. The Bertz CT molecular complexity index is 1330. The van der Waals surface area contributed by atoms with Gasteiger partial charge in [-0.05, 0) is 17.7 Å². The molecule has 0 aliphatic carbocycles. The molecule has 4 aromatic rings. The first kappa shape index (κ1) is 25.1. The average molecular weight is 507 g/mol. The van der Waals surface area contributed by atoms with Gasteiger partial charge in [0.05, 0.1) is 12.3 Å². The molecular formula is C28H27FN2O6. The van der Waals surface area contributed by atoms with Gasteiger partial charge in [0, 0.05) is 17.5 Å². The van der Waals surface area contributed by atoms with Gasteiger partial charge >= 0.3 is 0 Å². The highest BCUT2D eigenvalue weighted by molar-refractivity contribution is 5.69. The summed E-state index contributed by atoms with van der Waals surface area (Å²) in [5, 5.41) is 45.2. The minimum atomic E-state index is -1.62. The normalized spacial score (nSPS) is 23.6. The van der Waals surface area contributed by atoms with Crippen LogP contribution < -0.4 is 4.74 Å². The second kappa shape index (κ2) is 10.8. The monoisotopic (exact) mass is 506 g/mol. The Hall–Kier alpha value is -3.60. The van der Waals surface area contributed by atoms with Crippen LogP contribution in [0.5, 0.6) is 5.88 Å². The summed E-state index contributed by atoms with van der Waals surface area (Å²) in [7, 11) is 0. The zero-order valence-corrected chi connectivity index (χ0v) is 19.8. The summed E-state index contributed by atoms with van der Waals surface area (Å²) in [5.74, 6) is -0.442. The zero-order valence-electron chi connectivity index (χ0n) is 19.8. The molecule has 0 bridgehead atoms. The van der Waals surface area contributed by atoms with E-state index in [4.69, 9.17) is 9.47 Å². The van der Waals surface area contributed by atoms with Crippen LogP contribution in [0.4, 0.5) is 4.39 Å². The highest BCUT2D eigenvalue weighted by atomic mass is 19.1. The van der Waals surface area contributed by atoms with Crippen LogP contribution in [0.2, 0.25) is 0 Å². The van der Waals surface area contributed by atoms with Crippen molar-refractivity contribution in [3.05, 3.63) is 102 Å². The van der Waals surface area contributed by atoms with Crippen molar-refractivity contribution in [2.75, 3.05) is 6.61 Å². The Labute approximate surface area is 212 Å². The van der Waals surface area contributed by atoms with Crippen molar-refractivity contribution in [3.63, 3.8) is 0 Å². The fourth-order valence-electron chi connectivity index (χ4n) is 4.45. The molecule has 1 saturated heterocycles. The number of benzene rings is 3. The summed E-state index contributed by atoms with van der Waals surface area (Å²) in [4.78, 5) is 0. The maximum absolute atomic E-state index is 15.0. The summed E-state index contributed by atoms with van der Waals surface area (Å²) < 4.78 is 28.0. The Morgan fingerprint density at radius 1 is 0.838 bits per heavy atom. The summed E-state index contributed by atoms with van der Waals surface area (Å²) in [6.07, 6.45) is -7.01. The minimum absolute atomic E-state index is 0.0512. The van der Waals surface area contributed by atoms with Crippen molar-refractivity contribution in [1.29, 1.82) is 0 Å². The third-order valence-corrected chi connectivity index (χ3v) is 6.37. The molecule has 0 radical (unpaired) electrons. The first-order valence-electron chi connectivity index (χ1n) is 11.9. The van der Waals surface area contributed by atoms with Crippen LogP contribution in [0.1, 0.15) is 11.1 Å². The zero-order chi connectivity index (χ0) is 25.9. The van der Waals surface area contributed by atoms with Gasteiger partial charge in [-0.25, -0.2) is 9.07 Å². The number of ether oxygens (including phenoxy) is 2. The summed E-state index contributed by atoms with van der Waals surface area (Å²) in [5.41, 5.74) is 3.06. The van der Waals surface area contributed by atoms with Crippen LogP contribution in [0.15, 0.2) is 84.9 Å². The maximum atomic E-state index is 15.0. The van der Waals surface area contributed by atoms with Crippen molar-refractivity contribution in [2.45, 2.75) is 37.1 Å². The van der Waals surface area contributed by atoms with Crippen molar-refractivity contribution >= 4 is 0 Å². The minimum Gasteiger partial charge on any atom is -0.443 e. The van der Waals surface area contributed by atoms with E-state index in [0.717, 1.165) is 11.1 Å². The number of aliphatic hydroxyl groups is 4. The number of hydrogen-bond donors (Lipinski definition) is 4.